The quantitative estimate of drug-likeness (QED) is 0.450. The van der Waals surface area contributed by atoms with Gasteiger partial charge in [-0.1, -0.05) is 42.5 Å². The molecule has 1 atom stereocenters. The Labute approximate surface area is 181 Å². The van der Waals surface area contributed by atoms with Crippen molar-refractivity contribution >= 4 is 17.7 Å². The fourth-order valence-corrected chi connectivity index (χ4v) is 3.06. The van der Waals surface area contributed by atoms with E-state index in [1.807, 2.05) is 30.3 Å². The lowest BCUT2D eigenvalue weighted by Crippen LogP contribution is -2.45. The van der Waals surface area contributed by atoms with Gasteiger partial charge in [0.1, 0.15) is 11.6 Å². The smallest absolute Gasteiger partial charge is 0.329 e. The van der Waals surface area contributed by atoms with Crippen LogP contribution in [0.1, 0.15) is 52.6 Å². The van der Waals surface area contributed by atoms with E-state index in [1.54, 1.807) is 63.5 Å². The number of nitrogens with one attached hydrogen (secondary N) is 2. The Morgan fingerprint density at radius 3 is 2.13 bits per heavy atom. The minimum Gasteiger partial charge on any atom is -0.458 e. The van der Waals surface area contributed by atoms with Crippen LogP contribution in [-0.4, -0.2) is 34.3 Å². The van der Waals surface area contributed by atoms with Crippen molar-refractivity contribution in [3.05, 3.63) is 95.3 Å². The van der Waals surface area contributed by atoms with Crippen LogP contribution in [0, 0.1) is 0 Å². The van der Waals surface area contributed by atoms with E-state index >= 15 is 0 Å². The fourth-order valence-electron chi connectivity index (χ4n) is 3.06. The second-order valence-corrected chi connectivity index (χ2v) is 8.26. The Morgan fingerprint density at radius 2 is 1.55 bits per heavy atom. The van der Waals surface area contributed by atoms with Gasteiger partial charge in [-0.05, 0) is 44.5 Å². The van der Waals surface area contributed by atoms with E-state index in [1.165, 1.54) is 0 Å². The van der Waals surface area contributed by atoms with E-state index in [9.17, 15) is 14.4 Å². The number of hydrogen-bond acceptors (Lipinski definition) is 4. The number of benzene rings is 2. The van der Waals surface area contributed by atoms with E-state index in [0.29, 0.717) is 23.1 Å². The Balaban J connectivity index is 1.74. The zero-order valence-corrected chi connectivity index (χ0v) is 17.8. The predicted molar refractivity (Wildman–Crippen MR) is 118 cm³/mol. The van der Waals surface area contributed by atoms with Crippen LogP contribution >= 0.6 is 0 Å². The number of ketones is 1. The van der Waals surface area contributed by atoms with Gasteiger partial charge in [-0.15, -0.1) is 0 Å². The van der Waals surface area contributed by atoms with Crippen molar-refractivity contribution < 1.29 is 19.1 Å². The summed E-state index contributed by atoms with van der Waals surface area (Å²) in [5.74, 6) is -1.04. The maximum Gasteiger partial charge on any atom is 0.329 e. The molecule has 1 aromatic heterocycles. The maximum absolute atomic E-state index is 12.8. The van der Waals surface area contributed by atoms with Crippen LogP contribution in [0.3, 0.4) is 0 Å². The van der Waals surface area contributed by atoms with E-state index < -0.39 is 23.5 Å². The molecule has 0 saturated carbocycles. The normalized spacial score (nSPS) is 12.1. The lowest BCUT2D eigenvalue weighted by molar-refractivity contribution is -0.157. The summed E-state index contributed by atoms with van der Waals surface area (Å²) in [4.78, 5) is 40.8. The van der Waals surface area contributed by atoms with Gasteiger partial charge in [0, 0.05) is 35.5 Å². The molecule has 0 unspecified atom stereocenters. The van der Waals surface area contributed by atoms with Gasteiger partial charge in [0.15, 0.2) is 5.78 Å². The van der Waals surface area contributed by atoms with Crippen LogP contribution in [0.2, 0.25) is 0 Å². The number of hydrogen-bond donors (Lipinski definition) is 2. The van der Waals surface area contributed by atoms with Crippen molar-refractivity contribution in [3.63, 3.8) is 0 Å². The first-order chi connectivity index (χ1) is 14.7. The highest BCUT2D eigenvalue weighted by atomic mass is 16.6. The molecule has 0 aliphatic carbocycles. The summed E-state index contributed by atoms with van der Waals surface area (Å²) in [6.45, 7) is 5.35. The fraction of sp³-hybridized carbons (Fsp3) is 0.240. The van der Waals surface area contributed by atoms with Gasteiger partial charge in [0.05, 0.1) is 0 Å². The molecule has 0 saturated heterocycles. The molecule has 0 aliphatic heterocycles. The molecule has 2 aromatic carbocycles. The van der Waals surface area contributed by atoms with Gasteiger partial charge < -0.3 is 15.0 Å². The van der Waals surface area contributed by atoms with Crippen LogP contribution in [0.4, 0.5) is 0 Å². The molecule has 2 N–H and O–H groups in total. The number of amides is 1. The highest BCUT2D eigenvalue weighted by molar-refractivity contribution is 6.09. The van der Waals surface area contributed by atoms with Crippen LogP contribution in [-0.2, 0) is 16.0 Å². The Hall–Kier alpha value is -3.67. The monoisotopic (exact) mass is 418 g/mol. The van der Waals surface area contributed by atoms with Crippen molar-refractivity contribution in [1.82, 2.24) is 10.3 Å². The van der Waals surface area contributed by atoms with E-state index in [-0.39, 0.29) is 5.78 Å². The summed E-state index contributed by atoms with van der Waals surface area (Å²) in [5.41, 5.74) is 1.62. The lowest BCUT2D eigenvalue weighted by atomic mass is 10.0. The molecule has 31 heavy (non-hydrogen) atoms. The van der Waals surface area contributed by atoms with Crippen LogP contribution < -0.4 is 5.32 Å². The zero-order chi connectivity index (χ0) is 22.4. The molecular formula is C25H26N2O4. The third-order valence-electron chi connectivity index (χ3n) is 4.55. The third-order valence-corrected chi connectivity index (χ3v) is 4.55. The summed E-state index contributed by atoms with van der Waals surface area (Å²) < 4.78 is 5.50. The molecule has 6 nitrogen and oxygen atoms in total. The summed E-state index contributed by atoms with van der Waals surface area (Å²) >= 11 is 0. The molecule has 0 bridgehead atoms. The standard InChI is InChI=1S/C25H26N2O4/c1-25(2,3)31-24(30)21(15-17-7-5-4-6-8-17)27-23(29)19-11-9-18(10-12-19)22(28)20-13-14-26-16-20/h4-14,16,21,26H,15H2,1-3H3,(H,27,29)/t21-/m1/s1. The highest BCUT2D eigenvalue weighted by Gasteiger charge is 2.27. The zero-order valence-electron chi connectivity index (χ0n) is 17.8. The van der Waals surface area contributed by atoms with Gasteiger partial charge in [-0.3, -0.25) is 9.59 Å². The van der Waals surface area contributed by atoms with Gasteiger partial charge in [-0.25, -0.2) is 4.79 Å². The molecule has 0 radical (unpaired) electrons. The molecule has 0 spiro atoms. The largest absolute Gasteiger partial charge is 0.458 e. The third kappa shape index (κ3) is 6.15. The summed E-state index contributed by atoms with van der Waals surface area (Å²) in [5, 5.41) is 2.78. The average molecular weight is 418 g/mol. The SMILES string of the molecule is CC(C)(C)OC(=O)[C@@H](Cc1ccccc1)NC(=O)c1ccc(C(=O)c2cc[nH]c2)cc1. The lowest BCUT2D eigenvalue weighted by Gasteiger charge is -2.24. The van der Waals surface area contributed by atoms with Crippen molar-refractivity contribution in [2.75, 3.05) is 0 Å². The number of carbonyl (C=O) groups is 3. The molecule has 1 heterocycles. The van der Waals surface area contributed by atoms with Crippen molar-refractivity contribution in [2.45, 2.75) is 38.8 Å². The van der Waals surface area contributed by atoms with Crippen molar-refractivity contribution in [1.29, 1.82) is 0 Å². The van der Waals surface area contributed by atoms with Crippen LogP contribution in [0.5, 0.6) is 0 Å². The van der Waals surface area contributed by atoms with E-state index in [2.05, 4.69) is 10.3 Å². The number of H-pyrrole nitrogens is 1. The second kappa shape index (κ2) is 9.43. The molecule has 0 aliphatic rings. The van der Waals surface area contributed by atoms with Gasteiger partial charge in [0.2, 0.25) is 0 Å². The number of aromatic nitrogens is 1. The Bertz CT molecular complexity index is 1030. The first-order valence-corrected chi connectivity index (χ1v) is 10.1. The first kappa shape index (κ1) is 22.0. The van der Waals surface area contributed by atoms with Crippen molar-refractivity contribution in [3.8, 4) is 0 Å². The van der Waals surface area contributed by atoms with Gasteiger partial charge >= 0.3 is 5.97 Å². The van der Waals surface area contributed by atoms with Crippen LogP contribution in [0.15, 0.2) is 73.1 Å². The number of esters is 1. The molecule has 0 fully saturated rings. The van der Waals surface area contributed by atoms with Gasteiger partial charge in [0.25, 0.3) is 5.91 Å². The highest BCUT2D eigenvalue weighted by Crippen LogP contribution is 2.14. The number of rotatable bonds is 7. The first-order valence-electron chi connectivity index (χ1n) is 10.1. The maximum atomic E-state index is 12.8. The molecule has 160 valence electrons. The molecule has 6 heteroatoms. The minimum atomic E-state index is -0.838. The molecule has 1 amide bonds. The Kier molecular flexibility index (Phi) is 6.70. The summed E-state index contributed by atoms with van der Waals surface area (Å²) in [6, 6.07) is 16.6. The number of aromatic amines is 1. The number of carbonyl (C=O) groups excluding carboxylic acids is 3. The molecule has 3 rings (SSSR count). The Morgan fingerprint density at radius 1 is 0.903 bits per heavy atom. The second-order valence-electron chi connectivity index (χ2n) is 8.26. The number of ether oxygens (including phenoxy) is 1. The average Bonchev–Trinajstić information content (AvgIpc) is 3.27. The van der Waals surface area contributed by atoms with E-state index in [0.717, 1.165) is 5.56 Å². The van der Waals surface area contributed by atoms with E-state index in [4.69, 9.17) is 4.74 Å². The van der Waals surface area contributed by atoms with Gasteiger partial charge in [-0.2, -0.15) is 0 Å². The molecule has 3 aromatic rings. The topological polar surface area (TPSA) is 88.3 Å². The van der Waals surface area contributed by atoms with Crippen LogP contribution in [0.25, 0.3) is 0 Å². The predicted octanol–water partition coefficient (Wildman–Crippen LogP) is 3.93. The molecular weight excluding hydrogens is 392 g/mol. The summed E-state index contributed by atoms with van der Waals surface area (Å²) in [6.07, 6.45) is 3.61. The van der Waals surface area contributed by atoms with Crippen molar-refractivity contribution in [2.24, 2.45) is 0 Å². The minimum absolute atomic E-state index is 0.135. The summed E-state index contributed by atoms with van der Waals surface area (Å²) in [7, 11) is 0.